The number of hydrazone groups is 1. The van der Waals surface area contributed by atoms with Crippen molar-refractivity contribution in [1.82, 2.24) is 5.43 Å². The van der Waals surface area contributed by atoms with Gasteiger partial charge >= 0.3 is 0 Å². The van der Waals surface area contributed by atoms with Crippen molar-refractivity contribution in [2.24, 2.45) is 5.10 Å². The molecule has 5 nitrogen and oxygen atoms in total. The third kappa shape index (κ3) is 4.28. The Balaban J connectivity index is 1.97. The highest BCUT2D eigenvalue weighted by molar-refractivity contribution is 5.97. The molecule has 0 saturated carbocycles. The molecule has 106 valence electrons. The predicted molar refractivity (Wildman–Crippen MR) is 76.7 cm³/mol. The Bertz CT molecular complexity index is 666. The first-order valence-electron chi connectivity index (χ1n) is 6.33. The van der Waals surface area contributed by atoms with Crippen molar-refractivity contribution in [2.75, 3.05) is 0 Å². The Labute approximate surface area is 121 Å². The van der Waals surface area contributed by atoms with E-state index in [1.165, 1.54) is 12.3 Å². The fourth-order valence-corrected chi connectivity index (χ4v) is 1.79. The maximum atomic E-state index is 11.7. The van der Waals surface area contributed by atoms with Gasteiger partial charge in [0.2, 0.25) is 5.91 Å². The molecule has 1 N–H and O–H groups in total. The van der Waals surface area contributed by atoms with Crippen molar-refractivity contribution in [1.29, 1.82) is 0 Å². The number of nitrogens with zero attached hydrogens (tertiary/aromatic N) is 1. The second kappa shape index (κ2) is 7.00. The van der Waals surface area contributed by atoms with Crippen LogP contribution in [0.3, 0.4) is 0 Å². The molecule has 0 aliphatic rings. The van der Waals surface area contributed by atoms with Crippen molar-refractivity contribution in [3.8, 4) is 0 Å². The highest BCUT2D eigenvalue weighted by atomic mass is 16.4. The molecule has 2 rings (SSSR count). The minimum atomic E-state index is -1.28. The predicted octanol–water partition coefficient (Wildman–Crippen LogP) is 0.743. The highest BCUT2D eigenvalue weighted by Gasteiger charge is 2.02. The third-order valence-electron chi connectivity index (χ3n) is 2.78. The molecule has 0 unspecified atom stereocenters. The van der Waals surface area contributed by atoms with E-state index in [2.05, 4.69) is 10.5 Å². The van der Waals surface area contributed by atoms with E-state index in [4.69, 9.17) is 0 Å². The number of carboxylic acids is 1. The Morgan fingerprint density at radius 1 is 1.05 bits per heavy atom. The summed E-state index contributed by atoms with van der Waals surface area (Å²) in [6.07, 6.45) is 1.49. The number of hydrogen-bond acceptors (Lipinski definition) is 4. The minimum Gasteiger partial charge on any atom is -0.545 e. The van der Waals surface area contributed by atoms with Gasteiger partial charge in [0.25, 0.3) is 0 Å². The molecule has 2 aromatic carbocycles. The number of carboxylic acid groups (broad SMARTS) is 1. The van der Waals surface area contributed by atoms with E-state index >= 15 is 0 Å². The SMILES string of the molecule is O=C(Cc1ccccc1)N/N=C\c1ccccc1C(=O)[O-]. The Hall–Kier alpha value is -2.95. The van der Waals surface area contributed by atoms with E-state index in [-0.39, 0.29) is 17.9 Å². The summed E-state index contributed by atoms with van der Waals surface area (Å²) in [5.41, 5.74) is 3.64. The minimum absolute atomic E-state index is 0.0264. The zero-order valence-electron chi connectivity index (χ0n) is 11.2. The van der Waals surface area contributed by atoms with Gasteiger partial charge in [-0.05, 0) is 5.56 Å². The summed E-state index contributed by atoms with van der Waals surface area (Å²) in [7, 11) is 0. The van der Waals surface area contributed by atoms with E-state index < -0.39 is 5.97 Å². The van der Waals surface area contributed by atoms with Crippen LogP contribution < -0.4 is 10.5 Å². The Morgan fingerprint density at radius 3 is 2.43 bits per heavy atom. The van der Waals surface area contributed by atoms with Crippen LogP contribution in [0.1, 0.15) is 21.5 Å². The van der Waals surface area contributed by atoms with Gasteiger partial charge in [-0.1, -0.05) is 54.6 Å². The van der Waals surface area contributed by atoms with Crippen molar-refractivity contribution < 1.29 is 14.7 Å². The molecule has 0 bridgehead atoms. The van der Waals surface area contributed by atoms with Crippen LogP contribution in [0.15, 0.2) is 59.7 Å². The molecule has 0 spiro atoms. The lowest BCUT2D eigenvalue weighted by Gasteiger charge is -2.05. The maximum absolute atomic E-state index is 11.7. The maximum Gasteiger partial charge on any atom is 0.244 e. The van der Waals surface area contributed by atoms with Crippen molar-refractivity contribution >= 4 is 18.1 Å². The fourth-order valence-electron chi connectivity index (χ4n) is 1.79. The van der Waals surface area contributed by atoms with E-state index in [9.17, 15) is 14.7 Å². The third-order valence-corrected chi connectivity index (χ3v) is 2.78. The summed E-state index contributed by atoms with van der Waals surface area (Å²) in [5.74, 6) is -1.56. The second-order valence-electron chi connectivity index (χ2n) is 4.33. The lowest BCUT2D eigenvalue weighted by atomic mass is 10.1. The molecule has 0 aromatic heterocycles. The fraction of sp³-hybridized carbons (Fsp3) is 0.0625. The zero-order valence-corrected chi connectivity index (χ0v) is 11.2. The van der Waals surface area contributed by atoms with Crippen LogP contribution in [0.2, 0.25) is 0 Å². The summed E-state index contributed by atoms with van der Waals surface area (Å²) in [4.78, 5) is 22.6. The molecule has 0 saturated heterocycles. The standard InChI is InChI=1S/C16H14N2O3/c19-15(10-12-6-2-1-3-7-12)18-17-11-13-8-4-5-9-14(13)16(20)21/h1-9,11H,10H2,(H,18,19)(H,20,21)/p-1/b17-11-. The molecule has 0 heterocycles. The summed E-state index contributed by atoms with van der Waals surface area (Å²) in [6, 6.07) is 15.5. The lowest BCUT2D eigenvalue weighted by molar-refractivity contribution is -0.255. The van der Waals surface area contributed by atoms with E-state index in [0.29, 0.717) is 5.56 Å². The van der Waals surface area contributed by atoms with E-state index in [1.807, 2.05) is 30.3 Å². The van der Waals surface area contributed by atoms with Gasteiger partial charge in [0.05, 0.1) is 18.6 Å². The summed E-state index contributed by atoms with van der Waals surface area (Å²) in [5, 5.41) is 14.7. The lowest BCUT2D eigenvalue weighted by Crippen LogP contribution is -2.24. The summed E-state index contributed by atoms with van der Waals surface area (Å²) < 4.78 is 0. The quantitative estimate of drug-likeness (QED) is 0.648. The van der Waals surface area contributed by atoms with Crippen LogP contribution in [0.4, 0.5) is 0 Å². The number of amides is 1. The van der Waals surface area contributed by atoms with Gasteiger partial charge in [0.1, 0.15) is 0 Å². The molecule has 0 atom stereocenters. The molecule has 2 aromatic rings. The zero-order chi connectivity index (χ0) is 15.1. The van der Waals surface area contributed by atoms with Crippen molar-refractivity contribution in [3.05, 3.63) is 71.3 Å². The summed E-state index contributed by atoms with van der Waals surface area (Å²) >= 11 is 0. The van der Waals surface area contributed by atoms with Crippen molar-refractivity contribution in [3.63, 3.8) is 0 Å². The van der Waals surface area contributed by atoms with Gasteiger partial charge in [0.15, 0.2) is 0 Å². The number of benzene rings is 2. The summed E-state index contributed by atoms with van der Waals surface area (Å²) in [6.45, 7) is 0. The normalized spacial score (nSPS) is 10.5. The Morgan fingerprint density at radius 2 is 1.71 bits per heavy atom. The second-order valence-corrected chi connectivity index (χ2v) is 4.33. The molecule has 1 amide bonds. The van der Waals surface area contributed by atoms with Crippen LogP contribution in [-0.4, -0.2) is 18.1 Å². The molecule has 0 aliphatic carbocycles. The highest BCUT2D eigenvalue weighted by Crippen LogP contribution is 2.04. The molecular weight excluding hydrogens is 268 g/mol. The van der Waals surface area contributed by atoms with Crippen LogP contribution in [0.25, 0.3) is 0 Å². The van der Waals surface area contributed by atoms with Gasteiger partial charge in [-0.2, -0.15) is 5.10 Å². The number of carbonyl (C=O) groups is 2. The van der Waals surface area contributed by atoms with Gasteiger partial charge in [0, 0.05) is 11.1 Å². The van der Waals surface area contributed by atoms with Crippen LogP contribution >= 0.6 is 0 Å². The molecule has 5 heteroatoms. The number of nitrogens with one attached hydrogen (secondary N) is 1. The monoisotopic (exact) mass is 281 g/mol. The molecule has 0 radical (unpaired) electrons. The average Bonchev–Trinajstić information content (AvgIpc) is 2.48. The van der Waals surface area contributed by atoms with Gasteiger partial charge < -0.3 is 9.90 Å². The van der Waals surface area contributed by atoms with E-state index in [0.717, 1.165) is 5.56 Å². The first-order chi connectivity index (χ1) is 10.2. The first-order valence-corrected chi connectivity index (χ1v) is 6.33. The molecular formula is C16H13N2O3-. The van der Waals surface area contributed by atoms with Crippen LogP contribution in [-0.2, 0) is 11.2 Å². The van der Waals surface area contributed by atoms with Gasteiger partial charge in [-0.3, -0.25) is 4.79 Å². The molecule has 0 fully saturated rings. The number of rotatable bonds is 5. The number of aromatic carboxylic acids is 1. The van der Waals surface area contributed by atoms with Crippen LogP contribution in [0, 0.1) is 0 Å². The topological polar surface area (TPSA) is 81.6 Å². The van der Waals surface area contributed by atoms with Crippen molar-refractivity contribution in [2.45, 2.75) is 6.42 Å². The Kier molecular flexibility index (Phi) is 4.82. The number of carbonyl (C=O) groups excluding carboxylic acids is 2. The van der Waals surface area contributed by atoms with Gasteiger partial charge in [-0.15, -0.1) is 0 Å². The average molecular weight is 281 g/mol. The molecule has 0 aliphatic heterocycles. The first kappa shape index (κ1) is 14.5. The largest absolute Gasteiger partial charge is 0.545 e. The smallest absolute Gasteiger partial charge is 0.244 e. The van der Waals surface area contributed by atoms with E-state index in [1.54, 1.807) is 18.2 Å². The molecule has 21 heavy (non-hydrogen) atoms. The van der Waals surface area contributed by atoms with Gasteiger partial charge in [-0.25, -0.2) is 5.43 Å². The van der Waals surface area contributed by atoms with Crippen LogP contribution in [0.5, 0.6) is 0 Å². The number of hydrogen-bond donors (Lipinski definition) is 1.